The second-order valence-corrected chi connectivity index (χ2v) is 5.71. The summed E-state index contributed by atoms with van der Waals surface area (Å²) in [5.74, 6) is -0.427. The standard InChI is InChI=1S/C13H19FN2OS/c1-4-8(2)16-13(17)9(3)18-12-6-10(14)5-11(15)7-12/h5-9H,4,15H2,1-3H3,(H,16,17). The number of nitrogens with two attached hydrogens (primary N) is 1. The van der Waals surface area contributed by atoms with E-state index in [1.54, 1.807) is 13.0 Å². The fourth-order valence-electron chi connectivity index (χ4n) is 1.37. The van der Waals surface area contributed by atoms with Crippen molar-refractivity contribution in [3.8, 4) is 0 Å². The summed E-state index contributed by atoms with van der Waals surface area (Å²) in [5.41, 5.74) is 5.93. The topological polar surface area (TPSA) is 55.1 Å². The molecule has 1 amide bonds. The minimum Gasteiger partial charge on any atom is -0.399 e. The average molecular weight is 270 g/mol. The van der Waals surface area contributed by atoms with Gasteiger partial charge in [0.25, 0.3) is 0 Å². The predicted molar refractivity (Wildman–Crippen MR) is 74.0 cm³/mol. The zero-order chi connectivity index (χ0) is 13.7. The molecule has 1 aromatic carbocycles. The number of benzene rings is 1. The number of hydrogen-bond acceptors (Lipinski definition) is 3. The molecule has 0 spiro atoms. The van der Waals surface area contributed by atoms with Crippen LogP contribution < -0.4 is 11.1 Å². The van der Waals surface area contributed by atoms with Crippen LogP contribution in [0.25, 0.3) is 0 Å². The van der Waals surface area contributed by atoms with Crippen LogP contribution in [0.4, 0.5) is 10.1 Å². The Kier molecular flexibility index (Phi) is 5.47. The van der Waals surface area contributed by atoms with Gasteiger partial charge >= 0.3 is 0 Å². The second-order valence-electron chi connectivity index (χ2n) is 4.30. The normalized spacial score (nSPS) is 14.0. The Morgan fingerprint density at radius 3 is 2.67 bits per heavy atom. The first-order valence-corrected chi connectivity index (χ1v) is 6.83. The zero-order valence-corrected chi connectivity index (χ0v) is 11.7. The molecule has 2 unspecified atom stereocenters. The van der Waals surface area contributed by atoms with E-state index in [2.05, 4.69) is 5.32 Å². The number of thioether (sulfide) groups is 1. The zero-order valence-electron chi connectivity index (χ0n) is 10.9. The highest BCUT2D eigenvalue weighted by molar-refractivity contribution is 8.00. The van der Waals surface area contributed by atoms with Crippen LogP contribution in [0.5, 0.6) is 0 Å². The van der Waals surface area contributed by atoms with E-state index in [0.717, 1.165) is 6.42 Å². The molecule has 0 aliphatic heterocycles. The van der Waals surface area contributed by atoms with Gasteiger partial charge < -0.3 is 11.1 Å². The Morgan fingerprint density at radius 2 is 2.11 bits per heavy atom. The first kappa shape index (κ1) is 14.8. The summed E-state index contributed by atoms with van der Waals surface area (Å²) in [6.45, 7) is 5.76. The monoisotopic (exact) mass is 270 g/mol. The molecule has 0 saturated carbocycles. The largest absolute Gasteiger partial charge is 0.399 e. The van der Waals surface area contributed by atoms with Gasteiger partial charge in [0, 0.05) is 16.6 Å². The highest BCUT2D eigenvalue weighted by Gasteiger charge is 2.16. The maximum atomic E-state index is 13.2. The van der Waals surface area contributed by atoms with Gasteiger partial charge in [-0.2, -0.15) is 0 Å². The molecular formula is C13H19FN2OS. The molecule has 3 N–H and O–H groups in total. The quantitative estimate of drug-likeness (QED) is 0.639. The molecule has 0 saturated heterocycles. The van der Waals surface area contributed by atoms with Crippen LogP contribution in [0.1, 0.15) is 27.2 Å². The van der Waals surface area contributed by atoms with E-state index in [1.807, 2.05) is 13.8 Å². The van der Waals surface area contributed by atoms with Crippen molar-refractivity contribution in [2.24, 2.45) is 0 Å². The lowest BCUT2D eigenvalue weighted by molar-refractivity contribution is -0.120. The van der Waals surface area contributed by atoms with Gasteiger partial charge in [-0.25, -0.2) is 4.39 Å². The Morgan fingerprint density at radius 1 is 1.44 bits per heavy atom. The highest BCUT2D eigenvalue weighted by Crippen LogP contribution is 2.26. The molecule has 5 heteroatoms. The van der Waals surface area contributed by atoms with Crippen LogP contribution >= 0.6 is 11.8 Å². The molecule has 0 heterocycles. The molecular weight excluding hydrogens is 251 g/mol. The lowest BCUT2D eigenvalue weighted by Gasteiger charge is -2.16. The van der Waals surface area contributed by atoms with Gasteiger partial charge in [0.2, 0.25) is 5.91 Å². The Labute approximate surface area is 111 Å². The predicted octanol–water partition coefficient (Wildman–Crippen LogP) is 2.80. The molecule has 100 valence electrons. The molecule has 0 fully saturated rings. The maximum absolute atomic E-state index is 13.2. The number of carbonyl (C=O) groups excluding carboxylic acids is 1. The van der Waals surface area contributed by atoms with Crippen molar-refractivity contribution in [1.29, 1.82) is 0 Å². The van der Waals surface area contributed by atoms with E-state index in [4.69, 9.17) is 5.73 Å². The van der Waals surface area contributed by atoms with Crippen LogP contribution in [0.2, 0.25) is 0 Å². The number of nitrogen functional groups attached to an aromatic ring is 1. The SMILES string of the molecule is CCC(C)NC(=O)C(C)Sc1cc(N)cc(F)c1. The molecule has 0 aliphatic carbocycles. The first-order valence-electron chi connectivity index (χ1n) is 5.95. The van der Waals surface area contributed by atoms with Crippen molar-refractivity contribution in [1.82, 2.24) is 5.32 Å². The van der Waals surface area contributed by atoms with Gasteiger partial charge in [0.1, 0.15) is 5.82 Å². The number of halogens is 1. The highest BCUT2D eigenvalue weighted by atomic mass is 32.2. The summed E-state index contributed by atoms with van der Waals surface area (Å²) in [6.07, 6.45) is 0.885. The van der Waals surface area contributed by atoms with Gasteiger partial charge in [-0.3, -0.25) is 4.79 Å². The van der Waals surface area contributed by atoms with Gasteiger partial charge in [-0.1, -0.05) is 6.92 Å². The third kappa shape index (κ3) is 4.56. The fraction of sp³-hybridized carbons (Fsp3) is 0.462. The Hall–Kier alpha value is -1.23. The molecule has 0 radical (unpaired) electrons. The summed E-state index contributed by atoms with van der Waals surface area (Å²) in [6, 6.07) is 4.46. The second kappa shape index (κ2) is 6.64. The number of amides is 1. The summed E-state index contributed by atoms with van der Waals surface area (Å²) in [4.78, 5) is 12.5. The van der Waals surface area contributed by atoms with Crippen LogP contribution in [0, 0.1) is 5.82 Å². The number of carbonyl (C=O) groups is 1. The Balaban J connectivity index is 2.63. The number of rotatable bonds is 5. The van der Waals surface area contributed by atoms with Gasteiger partial charge in [-0.05, 0) is 38.5 Å². The molecule has 0 bridgehead atoms. The van der Waals surface area contributed by atoms with Gasteiger partial charge in [0.15, 0.2) is 0 Å². The number of nitrogens with one attached hydrogen (secondary N) is 1. The lowest BCUT2D eigenvalue weighted by Crippen LogP contribution is -2.37. The summed E-state index contributed by atoms with van der Waals surface area (Å²) in [7, 11) is 0. The van der Waals surface area contributed by atoms with Gasteiger partial charge in [-0.15, -0.1) is 11.8 Å². The molecule has 3 nitrogen and oxygen atoms in total. The van der Waals surface area contributed by atoms with E-state index in [0.29, 0.717) is 10.6 Å². The van der Waals surface area contributed by atoms with E-state index in [1.165, 1.54) is 23.9 Å². The third-order valence-corrected chi connectivity index (χ3v) is 3.65. The number of anilines is 1. The minimum atomic E-state index is -0.382. The molecule has 0 aromatic heterocycles. The van der Waals surface area contributed by atoms with Crippen molar-refractivity contribution in [3.63, 3.8) is 0 Å². The smallest absolute Gasteiger partial charge is 0.233 e. The third-order valence-electron chi connectivity index (χ3n) is 2.58. The van der Waals surface area contributed by atoms with E-state index in [-0.39, 0.29) is 23.0 Å². The van der Waals surface area contributed by atoms with E-state index >= 15 is 0 Å². The fourth-order valence-corrected chi connectivity index (χ4v) is 2.34. The van der Waals surface area contributed by atoms with Crippen LogP contribution in [-0.2, 0) is 4.79 Å². The van der Waals surface area contributed by atoms with Crippen LogP contribution in [0.3, 0.4) is 0 Å². The van der Waals surface area contributed by atoms with E-state index < -0.39 is 0 Å². The average Bonchev–Trinajstić information content (AvgIpc) is 2.27. The Bertz CT molecular complexity index is 405. The summed E-state index contributed by atoms with van der Waals surface area (Å²) < 4.78 is 13.2. The summed E-state index contributed by atoms with van der Waals surface area (Å²) >= 11 is 1.30. The molecule has 1 aromatic rings. The van der Waals surface area contributed by atoms with Crippen LogP contribution in [0.15, 0.2) is 23.1 Å². The van der Waals surface area contributed by atoms with Crippen molar-refractivity contribution in [3.05, 3.63) is 24.0 Å². The number of hydrogen-bond donors (Lipinski definition) is 2. The summed E-state index contributed by atoms with van der Waals surface area (Å²) in [5, 5.41) is 2.62. The van der Waals surface area contributed by atoms with Crippen LogP contribution in [-0.4, -0.2) is 17.2 Å². The van der Waals surface area contributed by atoms with E-state index in [9.17, 15) is 9.18 Å². The van der Waals surface area contributed by atoms with Gasteiger partial charge in [0.05, 0.1) is 5.25 Å². The molecule has 0 aliphatic rings. The minimum absolute atomic E-state index is 0.0443. The lowest BCUT2D eigenvalue weighted by atomic mass is 10.2. The van der Waals surface area contributed by atoms with Crippen molar-refractivity contribution < 1.29 is 9.18 Å². The van der Waals surface area contributed by atoms with Crippen molar-refractivity contribution in [2.45, 2.75) is 43.4 Å². The van der Waals surface area contributed by atoms with Crippen molar-refractivity contribution >= 4 is 23.4 Å². The molecule has 18 heavy (non-hydrogen) atoms. The molecule has 1 rings (SSSR count). The van der Waals surface area contributed by atoms with Crippen molar-refractivity contribution in [2.75, 3.05) is 5.73 Å². The molecule has 2 atom stereocenters. The first-order chi connectivity index (χ1) is 8.42. The maximum Gasteiger partial charge on any atom is 0.233 e.